The maximum Gasteiger partial charge on any atom is 0.297 e. The van der Waals surface area contributed by atoms with Crippen LogP contribution in [0.15, 0.2) is 47.4 Å². The fourth-order valence-corrected chi connectivity index (χ4v) is 3.82. The summed E-state index contributed by atoms with van der Waals surface area (Å²) in [6, 6.07) is 12.7. The van der Waals surface area contributed by atoms with Crippen molar-refractivity contribution < 1.29 is 12.6 Å². The van der Waals surface area contributed by atoms with Crippen molar-refractivity contribution in [1.82, 2.24) is 0 Å². The van der Waals surface area contributed by atoms with Crippen molar-refractivity contribution in [3.63, 3.8) is 0 Å². The van der Waals surface area contributed by atoms with E-state index in [4.69, 9.17) is 4.18 Å². The normalized spacial score (nSPS) is 12.1. The lowest BCUT2D eigenvalue weighted by Gasteiger charge is -2.09. The number of hydrogen-bond acceptors (Lipinski definition) is 3. The fourth-order valence-electron chi connectivity index (χ4n) is 2.65. The molecule has 0 atom stereocenters. The molecular formula is C19H26O3S. The highest BCUT2D eigenvalue weighted by Gasteiger charge is 2.17. The first-order valence-electron chi connectivity index (χ1n) is 8.38. The summed E-state index contributed by atoms with van der Waals surface area (Å²) in [7, 11) is -3.69. The lowest BCUT2D eigenvalue weighted by molar-refractivity contribution is 0.306. The van der Waals surface area contributed by atoms with Crippen LogP contribution in [-0.4, -0.2) is 15.0 Å². The molecule has 0 bridgehead atoms. The molecule has 3 nitrogen and oxygen atoms in total. The lowest BCUT2D eigenvalue weighted by atomic mass is 10.0. The third-order valence-corrected chi connectivity index (χ3v) is 5.30. The highest BCUT2D eigenvalue weighted by atomic mass is 32.2. The molecule has 0 spiro atoms. The van der Waals surface area contributed by atoms with Crippen LogP contribution >= 0.6 is 0 Å². The molecule has 0 N–H and O–H groups in total. The van der Waals surface area contributed by atoms with Gasteiger partial charge in [-0.15, -0.1) is 0 Å². The van der Waals surface area contributed by atoms with Crippen molar-refractivity contribution in [1.29, 1.82) is 0 Å². The molecule has 0 unspecified atom stereocenters. The molecule has 0 aliphatic heterocycles. The van der Waals surface area contributed by atoms with Crippen LogP contribution in [0.5, 0.6) is 0 Å². The van der Waals surface area contributed by atoms with Gasteiger partial charge in [0.15, 0.2) is 0 Å². The maximum atomic E-state index is 12.4. The second-order valence-corrected chi connectivity index (χ2v) is 7.93. The Hall–Kier alpha value is -1.39. The third-order valence-electron chi connectivity index (χ3n) is 3.93. The van der Waals surface area contributed by atoms with Crippen molar-refractivity contribution in [3.8, 4) is 0 Å². The van der Waals surface area contributed by atoms with Gasteiger partial charge in [-0.05, 0) is 23.8 Å². The third kappa shape index (κ3) is 5.33. The molecule has 0 saturated heterocycles. The molecule has 2 aromatic carbocycles. The summed E-state index contributed by atoms with van der Waals surface area (Å²) < 4.78 is 30.0. The van der Waals surface area contributed by atoms with Crippen molar-refractivity contribution in [2.24, 2.45) is 5.92 Å². The van der Waals surface area contributed by atoms with Gasteiger partial charge in [-0.2, -0.15) is 8.42 Å². The van der Waals surface area contributed by atoms with Gasteiger partial charge in [0.05, 0.1) is 6.61 Å². The standard InChI is InChI=1S/C19H26O3S/c1-16(2)10-5-3-4-8-15-22-23(20,21)19-14-9-12-17-11-6-7-13-18(17)19/h6-7,9,11-14,16H,3-5,8,10,15H2,1-2H3. The molecule has 0 aliphatic rings. The van der Waals surface area contributed by atoms with Gasteiger partial charge in [0, 0.05) is 5.39 Å². The van der Waals surface area contributed by atoms with Crippen LogP contribution in [0.25, 0.3) is 10.8 Å². The average molecular weight is 334 g/mol. The number of hydrogen-bond donors (Lipinski definition) is 0. The SMILES string of the molecule is CC(C)CCCCCCOS(=O)(=O)c1cccc2ccccc12. The summed E-state index contributed by atoms with van der Waals surface area (Å²) in [5.74, 6) is 0.734. The summed E-state index contributed by atoms with van der Waals surface area (Å²) in [6.45, 7) is 4.70. The number of rotatable bonds is 9. The predicted octanol–water partition coefficient (Wildman–Crippen LogP) is 5.15. The van der Waals surface area contributed by atoms with Crippen LogP contribution in [0.3, 0.4) is 0 Å². The van der Waals surface area contributed by atoms with E-state index in [1.807, 2.05) is 30.3 Å². The highest BCUT2D eigenvalue weighted by molar-refractivity contribution is 7.87. The zero-order valence-electron chi connectivity index (χ0n) is 14.0. The predicted molar refractivity (Wildman–Crippen MR) is 95.0 cm³/mol. The maximum absolute atomic E-state index is 12.4. The van der Waals surface area contributed by atoms with E-state index >= 15 is 0 Å². The van der Waals surface area contributed by atoms with Crippen LogP contribution in [0, 0.1) is 5.92 Å². The van der Waals surface area contributed by atoms with Crippen molar-refractivity contribution >= 4 is 20.9 Å². The highest BCUT2D eigenvalue weighted by Crippen LogP contribution is 2.24. The molecule has 4 heteroatoms. The Balaban J connectivity index is 1.89. The van der Waals surface area contributed by atoms with E-state index in [2.05, 4.69) is 13.8 Å². The molecule has 0 amide bonds. The second kappa shape index (κ2) is 8.46. The van der Waals surface area contributed by atoms with E-state index in [0.717, 1.165) is 30.6 Å². The zero-order chi connectivity index (χ0) is 16.7. The van der Waals surface area contributed by atoms with Gasteiger partial charge >= 0.3 is 0 Å². The summed E-state index contributed by atoms with van der Waals surface area (Å²) in [4.78, 5) is 0.260. The number of fused-ring (bicyclic) bond motifs is 1. The lowest BCUT2D eigenvalue weighted by Crippen LogP contribution is -2.08. The van der Waals surface area contributed by atoms with E-state index in [9.17, 15) is 8.42 Å². The van der Waals surface area contributed by atoms with Crippen molar-refractivity contribution in [2.75, 3.05) is 6.61 Å². The van der Waals surface area contributed by atoms with Gasteiger partial charge in [0.1, 0.15) is 4.90 Å². The molecule has 23 heavy (non-hydrogen) atoms. The Morgan fingerprint density at radius 3 is 2.39 bits per heavy atom. The Kier molecular flexibility index (Phi) is 6.60. The topological polar surface area (TPSA) is 43.4 Å². The molecule has 2 aromatic rings. The largest absolute Gasteiger partial charge is 0.297 e. The molecule has 0 saturated carbocycles. The van der Waals surface area contributed by atoms with Gasteiger partial charge in [0.25, 0.3) is 10.1 Å². The van der Waals surface area contributed by atoms with E-state index in [-0.39, 0.29) is 11.5 Å². The number of benzene rings is 2. The van der Waals surface area contributed by atoms with Crippen LogP contribution in [-0.2, 0) is 14.3 Å². The second-order valence-electron chi connectivity index (χ2n) is 6.35. The van der Waals surface area contributed by atoms with E-state index in [0.29, 0.717) is 5.39 Å². The molecular weight excluding hydrogens is 308 g/mol. The van der Waals surface area contributed by atoms with Crippen LogP contribution in [0.1, 0.15) is 46.0 Å². The first-order valence-corrected chi connectivity index (χ1v) is 9.79. The average Bonchev–Trinajstić information content (AvgIpc) is 2.53. The summed E-state index contributed by atoms with van der Waals surface area (Å²) in [5.41, 5.74) is 0. The minimum absolute atomic E-state index is 0.257. The molecule has 0 aromatic heterocycles. The van der Waals surface area contributed by atoms with E-state index < -0.39 is 10.1 Å². The molecule has 126 valence electrons. The Morgan fingerprint density at radius 2 is 1.61 bits per heavy atom. The van der Waals surface area contributed by atoms with Crippen LogP contribution in [0.4, 0.5) is 0 Å². The summed E-state index contributed by atoms with van der Waals surface area (Å²) in [6.07, 6.45) is 5.36. The fraction of sp³-hybridized carbons (Fsp3) is 0.474. The Labute approximate surface area is 139 Å². The van der Waals surface area contributed by atoms with E-state index in [1.165, 1.54) is 12.8 Å². The summed E-state index contributed by atoms with van der Waals surface area (Å²) >= 11 is 0. The van der Waals surface area contributed by atoms with Gasteiger partial charge in [-0.25, -0.2) is 0 Å². The molecule has 0 radical (unpaired) electrons. The van der Waals surface area contributed by atoms with Gasteiger partial charge < -0.3 is 0 Å². The molecule has 2 rings (SSSR count). The molecule has 0 heterocycles. The molecule has 0 aliphatic carbocycles. The van der Waals surface area contributed by atoms with Crippen LogP contribution < -0.4 is 0 Å². The van der Waals surface area contributed by atoms with Gasteiger partial charge in [-0.3, -0.25) is 4.18 Å². The smallest absolute Gasteiger partial charge is 0.266 e. The van der Waals surface area contributed by atoms with E-state index in [1.54, 1.807) is 12.1 Å². The summed E-state index contributed by atoms with van der Waals surface area (Å²) in [5, 5.41) is 1.62. The van der Waals surface area contributed by atoms with Gasteiger partial charge in [-0.1, -0.05) is 75.9 Å². The van der Waals surface area contributed by atoms with Gasteiger partial charge in [0.2, 0.25) is 0 Å². The molecule has 0 fully saturated rings. The van der Waals surface area contributed by atoms with Crippen molar-refractivity contribution in [3.05, 3.63) is 42.5 Å². The monoisotopic (exact) mass is 334 g/mol. The first-order chi connectivity index (χ1) is 11.0. The Morgan fingerprint density at radius 1 is 0.913 bits per heavy atom. The Bertz CT molecular complexity index is 715. The van der Waals surface area contributed by atoms with Crippen molar-refractivity contribution in [2.45, 2.75) is 50.8 Å². The zero-order valence-corrected chi connectivity index (χ0v) is 14.8. The number of unbranched alkanes of at least 4 members (excludes halogenated alkanes) is 3. The minimum Gasteiger partial charge on any atom is -0.266 e. The van der Waals surface area contributed by atoms with Crippen LogP contribution in [0.2, 0.25) is 0 Å². The quantitative estimate of drug-likeness (QED) is 0.470. The first kappa shape index (κ1) is 18.0. The minimum atomic E-state index is -3.69.